The minimum Gasteiger partial charge on any atom is -0.388 e. The Kier molecular flexibility index (Phi) is 8.05. The molecule has 2 aromatic carbocycles. The summed E-state index contributed by atoms with van der Waals surface area (Å²) in [5.74, 6) is 0. The Bertz CT molecular complexity index is 1480. The van der Waals surface area contributed by atoms with E-state index in [9.17, 15) is 18.0 Å². The Morgan fingerprint density at radius 2 is 1.79 bits per heavy atom. The summed E-state index contributed by atoms with van der Waals surface area (Å²) >= 11 is 6.58. The number of hydrogen-bond donors (Lipinski definition) is 3. The first-order valence-corrected chi connectivity index (χ1v) is 12.6. The zero-order valence-electron chi connectivity index (χ0n) is 18.5. The van der Waals surface area contributed by atoms with Crippen LogP contribution in [0.25, 0.3) is 16.6 Å². The largest absolute Gasteiger partial charge is 0.388 e. The van der Waals surface area contributed by atoms with Gasteiger partial charge >= 0.3 is 0 Å². The van der Waals surface area contributed by atoms with Crippen molar-refractivity contribution in [1.82, 2.24) is 14.3 Å². The van der Waals surface area contributed by atoms with Gasteiger partial charge in [-0.05, 0) is 68.1 Å². The highest BCUT2D eigenvalue weighted by molar-refractivity contribution is 7.91. The fraction of sp³-hybridized carbons (Fsp3) is 0.136. The molecule has 4 rings (SSSR count). The molecule has 0 saturated carbocycles. The molecule has 0 fully saturated rings. The first-order chi connectivity index (χ1) is 16.2. The van der Waals surface area contributed by atoms with Crippen LogP contribution in [0, 0.1) is 6.92 Å². The maximum atomic E-state index is 12.7. The van der Waals surface area contributed by atoms with Crippen LogP contribution < -0.4 is 20.9 Å². The Morgan fingerprint density at radius 3 is 2.35 bits per heavy atom. The Morgan fingerprint density at radius 1 is 1.09 bits per heavy atom. The molecule has 2 aromatic heterocycles. The number of halogens is 1. The van der Waals surface area contributed by atoms with Crippen molar-refractivity contribution >= 4 is 61.6 Å². The van der Waals surface area contributed by atoms with Crippen LogP contribution in [0.5, 0.6) is 0 Å². The average Bonchev–Trinajstić information content (AvgIpc) is 3.28. The number of fused-ring (bicyclic) bond motifs is 1. The maximum absolute atomic E-state index is 12.7. The smallest absolute Gasteiger partial charge is 0.265 e. The molecule has 0 aliphatic rings. The molecule has 4 aromatic rings. The molecule has 12 heteroatoms. The van der Waals surface area contributed by atoms with Gasteiger partial charge in [0.15, 0.2) is 0 Å². The Hall–Kier alpha value is -3.25. The molecule has 0 saturated heterocycles. The van der Waals surface area contributed by atoms with E-state index in [2.05, 4.69) is 20.3 Å². The number of amides is 1. The standard InChI is InChI=1S/C17H16N4O2.C5H6ClNO2S2/c1-11-7-14-16(8-15(11)18-2)19-9-21(17(14)23)13-5-3-12(4-6-13)20-10-22;1-7-11(8,9)5-3-2-4(6)10-5/h3-10,18H,1-2H3,(H,20,22);2-3,7H,1H3. The van der Waals surface area contributed by atoms with E-state index in [1.807, 2.05) is 26.1 Å². The molecule has 0 atom stereocenters. The summed E-state index contributed by atoms with van der Waals surface area (Å²) in [5.41, 5.74) is 3.82. The highest BCUT2D eigenvalue weighted by Gasteiger charge is 2.13. The van der Waals surface area contributed by atoms with Gasteiger partial charge in [0.2, 0.25) is 16.4 Å². The van der Waals surface area contributed by atoms with E-state index in [0.29, 0.717) is 33.0 Å². The van der Waals surface area contributed by atoms with Crippen LogP contribution in [0.3, 0.4) is 0 Å². The molecule has 3 N–H and O–H groups in total. The quantitative estimate of drug-likeness (QED) is 0.334. The number of aromatic nitrogens is 2. The van der Waals surface area contributed by atoms with Crippen molar-refractivity contribution in [3.8, 4) is 5.69 Å². The van der Waals surface area contributed by atoms with E-state index < -0.39 is 10.0 Å². The third-order valence-electron chi connectivity index (χ3n) is 4.83. The van der Waals surface area contributed by atoms with Crippen LogP contribution in [-0.2, 0) is 14.8 Å². The number of carbonyl (C=O) groups excluding carboxylic acids is 1. The van der Waals surface area contributed by atoms with Crippen LogP contribution in [0.2, 0.25) is 4.34 Å². The molecular formula is C22H22ClN5O4S2. The van der Waals surface area contributed by atoms with Gasteiger partial charge in [0.1, 0.15) is 10.5 Å². The van der Waals surface area contributed by atoms with Gasteiger partial charge in [-0.15, -0.1) is 11.3 Å². The summed E-state index contributed by atoms with van der Waals surface area (Å²) in [6.45, 7) is 1.95. The van der Waals surface area contributed by atoms with Gasteiger partial charge in [0, 0.05) is 18.4 Å². The van der Waals surface area contributed by atoms with Gasteiger partial charge in [-0.3, -0.25) is 14.2 Å². The van der Waals surface area contributed by atoms with E-state index >= 15 is 0 Å². The highest BCUT2D eigenvalue weighted by atomic mass is 35.5. The van der Waals surface area contributed by atoms with E-state index in [-0.39, 0.29) is 9.77 Å². The fourth-order valence-corrected chi connectivity index (χ4v) is 5.38. The summed E-state index contributed by atoms with van der Waals surface area (Å²) in [5, 5.41) is 6.22. The van der Waals surface area contributed by atoms with Crippen LogP contribution in [0.1, 0.15) is 5.56 Å². The Balaban J connectivity index is 0.000000248. The molecule has 0 aliphatic carbocycles. The number of rotatable bonds is 6. The third-order valence-corrected chi connectivity index (χ3v) is 7.96. The number of thiophene rings is 1. The van der Waals surface area contributed by atoms with Gasteiger partial charge in [-0.1, -0.05) is 11.6 Å². The molecule has 0 aliphatic heterocycles. The number of anilines is 2. The summed E-state index contributed by atoms with van der Waals surface area (Å²) < 4.78 is 26.5. The van der Waals surface area contributed by atoms with Gasteiger partial charge in [-0.25, -0.2) is 18.1 Å². The Labute approximate surface area is 205 Å². The van der Waals surface area contributed by atoms with Crippen molar-refractivity contribution in [1.29, 1.82) is 0 Å². The van der Waals surface area contributed by atoms with E-state index in [1.165, 1.54) is 24.0 Å². The second kappa shape index (κ2) is 10.8. The molecular weight excluding hydrogens is 498 g/mol. The molecule has 0 unspecified atom stereocenters. The number of sulfonamides is 1. The first kappa shape index (κ1) is 25.4. The minimum absolute atomic E-state index is 0.128. The van der Waals surface area contributed by atoms with Crippen LogP contribution in [0.15, 0.2) is 63.9 Å². The molecule has 0 radical (unpaired) electrons. The third kappa shape index (κ3) is 5.62. The average molecular weight is 520 g/mol. The van der Waals surface area contributed by atoms with Gasteiger partial charge < -0.3 is 10.6 Å². The van der Waals surface area contributed by atoms with Gasteiger partial charge in [-0.2, -0.15) is 0 Å². The SMILES string of the molecule is CNS(=O)(=O)c1ccc(Cl)s1.CNc1cc2ncn(-c3ccc(NC=O)cc3)c(=O)c2cc1C. The number of aryl methyl sites for hydroxylation is 1. The molecule has 2 heterocycles. The highest BCUT2D eigenvalue weighted by Crippen LogP contribution is 2.25. The van der Waals surface area contributed by atoms with E-state index in [4.69, 9.17) is 11.6 Å². The zero-order chi connectivity index (χ0) is 24.9. The summed E-state index contributed by atoms with van der Waals surface area (Å²) in [6, 6.07) is 13.7. The van der Waals surface area contributed by atoms with Crippen molar-refractivity contribution in [2.45, 2.75) is 11.1 Å². The van der Waals surface area contributed by atoms with Crippen molar-refractivity contribution in [3.63, 3.8) is 0 Å². The van der Waals surface area contributed by atoms with Crippen molar-refractivity contribution in [2.75, 3.05) is 24.7 Å². The number of hydrogen-bond acceptors (Lipinski definition) is 7. The minimum atomic E-state index is -3.29. The second-order valence-electron chi connectivity index (χ2n) is 6.93. The van der Waals surface area contributed by atoms with Crippen LogP contribution >= 0.6 is 22.9 Å². The van der Waals surface area contributed by atoms with Crippen molar-refractivity contribution < 1.29 is 13.2 Å². The summed E-state index contributed by atoms with van der Waals surface area (Å²) in [7, 11) is -0.0916. The molecule has 1 amide bonds. The number of nitrogens with one attached hydrogen (secondary N) is 3. The van der Waals surface area contributed by atoms with Gasteiger partial charge in [0.25, 0.3) is 5.56 Å². The normalized spacial score (nSPS) is 10.9. The lowest BCUT2D eigenvalue weighted by Gasteiger charge is -2.10. The van der Waals surface area contributed by atoms with Gasteiger partial charge in [0.05, 0.1) is 20.9 Å². The zero-order valence-corrected chi connectivity index (χ0v) is 20.9. The van der Waals surface area contributed by atoms with E-state index in [0.717, 1.165) is 22.6 Å². The second-order valence-corrected chi connectivity index (χ2v) is 10.8. The number of carbonyl (C=O) groups is 1. The monoisotopic (exact) mass is 519 g/mol. The predicted octanol–water partition coefficient (Wildman–Crippen LogP) is 3.61. The molecule has 178 valence electrons. The molecule has 0 bridgehead atoms. The predicted molar refractivity (Wildman–Crippen MR) is 137 cm³/mol. The number of benzene rings is 2. The summed E-state index contributed by atoms with van der Waals surface area (Å²) in [4.78, 5) is 27.5. The number of nitrogens with zero attached hydrogens (tertiary/aromatic N) is 2. The van der Waals surface area contributed by atoms with Crippen molar-refractivity contribution in [3.05, 3.63) is 75.1 Å². The molecule has 34 heavy (non-hydrogen) atoms. The molecule has 0 spiro atoms. The summed E-state index contributed by atoms with van der Waals surface area (Å²) in [6.07, 6.45) is 2.13. The van der Waals surface area contributed by atoms with Crippen LogP contribution in [0.4, 0.5) is 11.4 Å². The topological polar surface area (TPSA) is 122 Å². The lowest BCUT2D eigenvalue weighted by atomic mass is 10.1. The lowest BCUT2D eigenvalue weighted by molar-refractivity contribution is -0.105. The molecule has 9 nitrogen and oxygen atoms in total. The maximum Gasteiger partial charge on any atom is 0.265 e. The fourth-order valence-electron chi connectivity index (χ4n) is 3.06. The van der Waals surface area contributed by atoms with E-state index in [1.54, 1.807) is 30.3 Å². The lowest BCUT2D eigenvalue weighted by Crippen LogP contribution is -2.19. The first-order valence-electron chi connectivity index (χ1n) is 9.89. The van der Waals surface area contributed by atoms with Crippen LogP contribution in [-0.4, -0.2) is 38.5 Å². The van der Waals surface area contributed by atoms with Crippen molar-refractivity contribution in [2.24, 2.45) is 0 Å².